The number of pyridine rings is 1. The lowest BCUT2D eigenvalue weighted by Gasteiger charge is -2.39. The molecule has 9 heteroatoms. The molecule has 2 heterocycles. The summed E-state index contributed by atoms with van der Waals surface area (Å²) in [5.74, 6) is -0.470. The summed E-state index contributed by atoms with van der Waals surface area (Å²) >= 11 is 0. The molecule has 1 aromatic carbocycles. The van der Waals surface area contributed by atoms with Crippen molar-refractivity contribution in [3.8, 4) is 0 Å². The molecule has 8 nitrogen and oxygen atoms in total. The summed E-state index contributed by atoms with van der Waals surface area (Å²) in [4.78, 5) is 31.6. The Morgan fingerprint density at radius 3 is 2.81 bits per heavy atom. The lowest BCUT2D eigenvalue weighted by atomic mass is 10.1. The van der Waals surface area contributed by atoms with Crippen LogP contribution in [0.1, 0.15) is 25.1 Å². The highest BCUT2D eigenvalue weighted by molar-refractivity contribution is 5.79. The molecule has 0 radical (unpaired) electrons. The number of aryl methyl sites for hydroxylation is 1. The van der Waals surface area contributed by atoms with E-state index in [1.54, 1.807) is 48.4 Å². The lowest BCUT2D eigenvalue weighted by molar-refractivity contribution is -0.107. The van der Waals surface area contributed by atoms with E-state index in [1.807, 2.05) is 13.8 Å². The molecule has 3 rings (SSSR count). The number of amides is 2. The van der Waals surface area contributed by atoms with Crippen LogP contribution in [0.25, 0.3) is 0 Å². The second kappa shape index (κ2) is 10.2. The van der Waals surface area contributed by atoms with Gasteiger partial charge in [-0.2, -0.15) is 0 Å². The van der Waals surface area contributed by atoms with Crippen molar-refractivity contribution in [3.63, 3.8) is 0 Å². The Morgan fingerprint density at radius 2 is 2.16 bits per heavy atom. The van der Waals surface area contributed by atoms with Gasteiger partial charge in [-0.05, 0) is 39.0 Å². The van der Waals surface area contributed by atoms with Crippen LogP contribution in [-0.2, 0) is 16.1 Å². The Bertz CT molecular complexity index is 909. The van der Waals surface area contributed by atoms with Crippen molar-refractivity contribution in [2.75, 3.05) is 36.7 Å². The molecule has 1 saturated heterocycles. The second-order valence-corrected chi connectivity index (χ2v) is 7.50. The highest BCUT2D eigenvalue weighted by Gasteiger charge is 2.29. The van der Waals surface area contributed by atoms with Gasteiger partial charge in [-0.1, -0.05) is 12.1 Å². The van der Waals surface area contributed by atoms with E-state index in [9.17, 15) is 9.59 Å². The minimum atomic E-state index is -0.470. The average Bonchev–Trinajstić information content (AvgIpc) is 2.75. The third kappa shape index (κ3) is 5.49. The number of benzene rings is 1. The molecule has 31 heavy (non-hydrogen) atoms. The van der Waals surface area contributed by atoms with Gasteiger partial charge in [0, 0.05) is 43.5 Å². The van der Waals surface area contributed by atoms with Gasteiger partial charge in [-0.25, -0.2) is 14.2 Å². The summed E-state index contributed by atoms with van der Waals surface area (Å²) in [6.07, 6.45) is 1.79. The topological polar surface area (TPSA) is 78.0 Å². The number of nitrogens with zero attached hydrogens (tertiary/aromatic N) is 4. The Kier molecular flexibility index (Phi) is 7.41. The minimum Gasteiger partial charge on any atom is -0.450 e. The molecule has 0 saturated carbocycles. The van der Waals surface area contributed by atoms with E-state index in [4.69, 9.17) is 4.74 Å². The molecule has 1 N–H and O–H groups in total. The average molecular weight is 429 g/mol. The standard InChI is InChI=1S/C22H28FN5O3/c1-4-31-22(30)27-11-10-26(13-17(27)3)14-18-6-5-7-20(21(18)23)28(15-29)25-19-9-8-16(2)24-12-19/h5-9,12,15,17,25H,4,10-11,13-14H2,1-3H3/t17-/m0/s1. The summed E-state index contributed by atoms with van der Waals surface area (Å²) in [5, 5.41) is 1.10. The van der Waals surface area contributed by atoms with Crippen LogP contribution in [0, 0.1) is 12.7 Å². The maximum absolute atomic E-state index is 15.3. The maximum atomic E-state index is 15.3. The van der Waals surface area contributed by atoms with Crippen LogP contribution in [0.3, 0.4) is 0 Å². The molecule has 1 fully saturated rings. The van der Waals surface area contributed by atoms with Gasteiger partial charge < -0.3 is 9.64 Å². The van der Waals surface area contributed by atoms with Gasteiger partial charge in [0.2, 0.25) is 6.41 Å². The van der Waals surface area contributed by atoms with Crippen LogP contribution in [0.5, 0.6) is 0 Å². The van der Waals surface area contributed by atoms with E-state index in [1.165, 1.54) is 0 Å². The molecule has 2 amide bonds. The SMILES string of the molecule is CCOC(=O)N1CCN(Cc2cccc(N(C=O)Nc3ccc(C)nc3)c2F)C[C@@H]1C. The Morgan fingerprint density at radius 1 is 1.35 bits per heavy atom. The fraction of sp³-hybridized carbons (Fsp3) is 0.409. The van der Waals surface area contributed by atoms with Gasteiger partial charge in [0.25, 0.3) is 0 Å². The lowest BCUT2D eigenvalue weighted by Crippen LogP contribution is -2.53. The quantitative estimate of drug-likeness (QED) is 0.538. The molecule has 0 aliphatic carbocycles. The zero-order chi connectivity index (χ0) is 22.4. The van der Waals surface area contributed by atoms with Gasteiger partial charge in [0.15, 0.2) is 5.82 Å². The molecule has 0 spiro atoms. The smallest absolute Gasteiger partial charge is 0.410 e. The number of nitrogens with one attached hydrogen (secondary N) is 1. The van der Waals surface area contributed by atoms with Crippen molar-refractivity contribution < 1.29 is 18.7 Å². The monoisotopic (exact) mass is 429 g/mol. The number of aromatic nitrogens is 1. The van der Waals surface area contributed by atoms with Gasteiger partial charge in [0.05, 0.1) is 18.5 Å². The molecule has 1 aliphatic rings. The molecule has 1 atom stereocenters. The van der Waals surface area contributed by atoms with Gasteiger partial charge in [-0.15, -0.1) is 0 Å². The van der Waals surface area contributed by atoms with Crippen LogP contribution >= 0.6 is 0 Å². The number of halogens is 1. The first-order valence-electron chi connectivity index (χ1n) is 10.3. The maximum Gasteiger partial charge on any atom is 0.410 e. The third-order valence-corrected chi connectivity index (χ3v) is 5.19. The second-order valence-electron chi connectivity index (χ2n) is 7.50. The number of ether oxygens (including phenoxy) is 1. The minimum absolute atomic E-state index is 0.0405. The fourth-order valence-corrected chi connectivity index (χ4v) is 3.59. The van der Waals surface area contributed by atoms with E-state index >= 15 is 4.39 Å². The number of piperazine rings is 1. The number of hydrogen-bond acceptors (Lipinski definition) is 6. The zero-order valence-corrected chi connectivity index (χ0v) is 18.0. The molecule has 166 valence electrons. The Hall–Kier alpha value is -3.20. The number of carbonyl (C=O) groups is 2. The van der Waals surface area contributed by atoms with Gasteiger partial charge in [0.1, 0.15) is 5.69 Å². The van der Waals surface area contributed by atoms with Crippen molar-refractivity contribution in [1.29, 1.82) is 0 Å². The first-order chi connectivity index (χ1) is 14.9. The van der Waals surface area contributed by atoms with Gasteiger partial charge >= 0.3 is 6.09 Å². The predicted octanol–water partition coefficient (Wildman–Crippen LogP) is 3.18. The number of hydrazine groups is 1. The van der Waals surface area contributed by atoms with E-state index in [2.05, 4.69) is 15.3 Å². The summed E-state index contributed by atoms with van der Waals surface area (Å²) < 4.78 is 20.4. The van der Waals surface area contributed by atoms with Crippen LogP contribution < -0.4 is 10.4 Å². The normalized spacial score (nSPS) is 16.6. The van der Waals surface area contributed by atoms with Gasteiger partial charge in [-0.3, -0.25) is 20.1 Å². The van der Waals surface area contributed by atoms with Crippen LogP contribution in [0.2, 0.25) is 0 Å². The van der Waals surface area contributed by atoms with Crippen LogP contribution in [0.4, 0.5) is 20.6 Å². The van der Waals surface area contributed by atoms with Crippen molar-refractivity contribution in [2.24, 2.45) is 0 Å². The van der Waals surface area contributed by atoms with Crippen molar-refractivity contribution in [1.82, 2.24) is 14.8 Å². The van der Waals surface area contributed by atoms with Crippen LogP contribution in [0.15, 0.2) is 36.5 Å². The van der Waals surface area contributed by atoms with Crippen molar-refractivity contribution in [2.45, 2.75) is 33.4 Å². The highest BCUT2D eigenvalue weighted by Crippen LogP contribution is 2.24. The highest BCUT2D eigenvalue weighted by atomic mass is 19.1. The molecule has 1 aliphatic heterocycles. The molecule has 1 aromatic heterocycles. The number of anilines is 2. The summed E-state index contributed by atoms with van der Waals surface area (Å²) in [6, 6.07) is 8.50. The molecule has 0 bridgehead atoms. The van der Waals surface area contributed by atoms with E-state index in [0.29, 0.717) is 50.4 Å². The molecular formula is C22H28FN5O3. The van der Waals surface area contributed by atoms with E-state index < -0.39 is 5.82 Å². The predicted molar refractivity (Wildman–Crippen MR) is 116 cm³/mol. The van der Waals surface area contributed by atoms with Crippen molar-refractivity contribution in [3.05, 3.63) is 53.6 Å². The first-order valence-corrected chi connectivity index (χ1v) is 10.3. The zero-order valence-electron chi connectivity index (χ0n) is 18.0. The van der Waals surface area contributed by atoms with E-state index in [-0.39, 0.29) is 17.8 Å². The largest absolute Gasteiger partial charge is 0.450 e. The fourth-order valence-electron chi connectivity index (χ4n) is 3.59. The molecule has 2 aromatic rings. The summed E-state index contributed by atoms with van der Waals surface area (Å²) in [6.45, 7) is 8.03. The van der Waals surface area contributed by atoms with Crippen LogP contribution in [-0.4, -0.2) is 59.6 Å². The first kappa shape index (κ1) is 22.5. The molecule has 0 unspecified atom stereocenters. The summed E-state index contributed by atoms with van der Waals surface area (Å²) in [7, 11) is 0. The number of carbonyl (C=O) groups excluding carboxylic acids is 2. The summed E-state index contributed by atoms with van der Waals surface area (Å²) in [5.41, 5.74) is 4.90. The van der Waals surface area contributed by atoms with E-state index in [0.717, 1.165) is 10.7 Å². The number of hydrogen-bond donors (Lipinski definition) is 1. The number of rotatable bonds is 7. The van der Waals surface area contributed by atoms with Crippen molar-refractivity contribution >= 4 is 23.9 Å². The third-order valence-electron chi connectivity index (χ3n) is 5.19. The molecular weight excluding hydrogens is 401 g/mol. The Labute approximate surface area is 181 Å². The Balaban J connectivity index is 1.69.